The average molecular weight is 318 g/mol. The highest BCUT2D eigenvalue weighted by atomic mass is 79.9. The lowest BCUT2D eigenvalue weighted by atomic mass is 10.2. The summed E-state index contributed by atoms with van der Waals surface area (Å²) in [5, 5.41) is 19.9. The zero-order chi connectivity index (χ0) is 13.5. The molecule has 1 aromatic carbocycles. The molecule has 0 saturated heterocycles. The van der Waals surface area contributed by atoms with E-state index in [0.29, 0.717) is 4.47 Å². The number of aliphatic hydroxyl groups is 2. The van der Waals surface area contributed by atoms with E-state index in [1.54, 1.807) is 12.1 Å². The quantitative estimate of drug-likeness (QED) is 0.712. The zero-order valence-electron chi connectivity index (χ0n) is 9.44. The van der Waals surface area contributed by atoms with E-state index in [0.717, 1.165) is 6.08 Å². The Morgan fingerprint density at radius 2 is 2.28 bits per heavy atom. The lowest BCUT2D eigenvalue weighted by molar-refractivity contribution is -0.117. The highest BCUT2D eigenvalue weighted by molar-refractivity contribution is 9.10. The first-order valence-electron chi connectivity index (χ1n) is 5.23. The molecule has 0 aliphatic rings. The molecule has 0 radical (unpaired) electrons. The van der Waals surface area contributed by atoms with Crippen LogP contribution in [-0.2, 0) is 4.79 Å². The van der Waals surface area contributed by atoms with Gasteiger partial charge in [-0.05, 0) is 24.3 Å². The molecular formula is C12H13BrFNO3. The molecule has 1 unspecified atom stereocenters. The van der Waals surface area contributed by atoms with Crippen molar-refractivity contribution in [1.82, 2.24) is 5.32 Å². The molecule has 0 aliphatic carbocycles. The van der Waals surface area contributed by atoms with Gasteiger partial charge in [0.2, 0.25) is 5.91 Å². The smallest absolute Gasteiger partial charge is 0.244 e. The number of aliphatic hydroxyl groups excluding tert-OH is 2. The molecule has 0 spiro atoms. The van der Waals surface area contributed by atoms with Crippen LogP contribution in [0.1, 0.15) is 5.56 Å². The van der Waals surface area contributed by atoms with E-state index in [1.807, 2.05) is 0 Å². The SMILES string of the molecule is O=C(C=Cc1cc(Br)ccc1F)NCC(O)CO. The van der Waals surface area contributed by atoms with Crippen LogP contribution in [0.2, 0.25) is 0 Å². The molecule has 0 heterocycles. The third kappa shape index (κ3) is 4.95. The number of carbonyl (C=O) groups excluding carboxylic acids is 1. The Labute approximate surface area is 112 Å². The maximum Gasteiger partial charge on any atom is 0.244 e. The van der Waals surface area contributed by atoms with Crippen molar-refractivity contribution in [3.05, 3.63) is 40.1 Å². The summed E-state index contributed by atoms with van der Waals surface area (Å²) in [6.07, 6.45) is 1.50. The van der Waals surface area contributed by atoms with Crippen LogP contribution in [0.25, 0.3) is 6.08 Å². The Kier molecular flexibility index (Phi) is 5.97. The molecule has 0 bridgehead atoms. The Hall–Kier alpha value is -1.24. The molecule has 0 aliphatic heterocycles. The monoisotopic (exact) mass is 317 g/mol. The fourth-order valence-electron chi connectivity index (χ4n) is 1.15. The molecule has 0 saturated carbocycles. The van der Waals surface area contributed by atoms with Crippen molar-refractivity contribution in [3.8, 4) is 0 Å². The lowest BCUT2D eigenvalue weighted by Crippen LogP contribution is -2.32. The Morgan fingerprint density at radius 3 is 2.94 bits per heavy atom. The predicted octanol–water partition coefficient (Wildman–Crippen LogP) is 1.07. The number of rotatable bonds is 5. The van der Waals surface area contributed by atoms with E-state index in [2.05, 4.69) is 21.2 Å². The van der Waals surface area contributed by atoms with Crippen molar-refractivity contribution >= 4 is 27.9 Å². The van der Waals surface area contributed by atoms with Gasteiger partial charge >= 0.3 is 0 Å². The van der Waals surface area contributed by atoms with Gasteiger partial charge in [-0.15, -0.1) is 0 Å². The van der Waals surface area contributed by atoms with Crippen molar-refractivity contribution in [3.63, 3.8) is 0 Å². The number of amides is 1. The van der Waals surface area contributed by atoms with Gasteiger partial charge in [0.05, 0.1) is 12.7 Å². The summed E-state index contributed by atoms with van der Waals surface area (Å²) in [5.41, 5.74) is 0.280. The molecule has 0 fully saturated rings. The molecule has 0 aromatic heterocycles. The third-order valence-corrected chi connectivity index (χ3v) is 2.59. The molecule has 1 aromatic rings. The van der Waals surface area contributed by atoms with Gasteiger partial charge in [0.25, 0.3) is 0 Å². The molecule has 1 amide bonds. The highest BCUT2D eigenvalue weighted by Gasteiger charge is 2.04. The van der Waals surface area contributed by atoms with Crippen molar-refractivity contribution in [1.29, 1.82) is 0 Å². The zero-order valence-corrected chi connectivity index (χ0v) is 11.0. The van der Waals surface area contributed by atoms with Gasteiger partial charge in [-0.2, -0.15) is 0 Å². The minimum Gasteiger partial charge on any atom is -0.394 e. The topological polar surface area (TPSA) is 69.6 Å². The molecule has 18 heavy (non-hydrogen) atoms. The number of benzene rings is 1. The highest BCUT2D eigenvalue weighted by Crippen LogP contribution is 2.16. The van der Waals surface area contributed by atoms with Crippen LogP contribution in [0, 0.1) is 5.82 Å². The first kappa shape index (κ1) is 14.8. The summed E-state index contributed by atoms with van der Waals surface area (Å²) in [6, 6.07) is 4.39. The number of hydrogen-bond donors (Lipinski definition) is 3. The van der Waals surface area contributed by atoms with Gasteiger partial charge in [-0.3, -0.25) is 4.79 Å². The van der Waals surface area contributed by atoms with E-state index < -0.39 is 24.4 Å². The van der Waals surface area contributed by atoms with Crippen LogP contribution >= 0.6 is 15.9 Å². The predicted molar refractivity (Wildman–Crippen MR) is 69.2 cm³/mol. The van der Waals surface area contributed by atoms with Crippen LogP contribution in [-0.4, -0.2) is 35.4 Å². The summed E-state index contributed by atoms with van der Waals surface area (Å²) in [4.78, 5) is 11.3. The van der Waals surface area contributed by atoms with Crippen LogP contribution in [0.15, 0.2) is 28.7 Å². The standard InChI is InChI=1S/C12H13BrFNO3/c13-9-2-3-11(14)8(5-9)1-4-12(18)15-6-10(17)7-16/h1-5,10,16-17H,6-7H2,(H,15,18). The van der Waals surface area contributed by atoms with E-state index in [1.165, 1.54) is 12.1 Å². The minimum absolute atomic E-state index is 0.0549. The summed E-state index contributed by atoms with van der Waals surface area (Å²) in [6.45, 7) is -0.481. The maximum absolute atomic E-state index is 13.3. The van der Waals surface area contributed by atoms with E-state index in [-0.39, 0.29) is 12.1 Å². The number of halogens is 2. The largest absolute Gasteiger partial charge is 0.394 e. The minimum atomic E-state index is -0.995. The number of nitrogens with one attached hydrogen (secondary N) is 1. The van der Waals surface area contributed by atoms with Gasteiger partial charge in [-0.1, -0.05) is 15.9 Å². The fraction of sp³-hybridized carbons (Fsp3) is 0.250. The first-order valence-corrected chi connectivity index (χ1v) is 6.02. The van der Waals surface area contributed by atoms with Gasteiger partial charge in [0.15, 0.2) is 0 Å². The summed E-state index contributed by atoms with van der Waals surface area (Å²) in [5.74, 6) is -0.903. The third-order valence-electron chi connectivity index (χ3n) is 2.09. The van der Waals surface area contributed by atoms with Crippen molar-refractivity contribution in [2.75, 3.05) is 13.2 Å². The van der Waals surface area contributed by atoms with Crippen LogP contribution in [0.3, 0.4) is 0 Å². The molecule has 4 nitrogen and oxygen atoms in total. The van der Waals surface area contributed by atoms with Crippen LogP contribution in [0.5, 0.6) is 0 Å². The average Bonchev–Trinajstić information content (AvgIpc) is 2.36. The normalized spacial score (nSPS) is 12.7. The lowest BCUT2D eigenvalue weighted by Gasteiger charge is -2.06. The molecule has 98 valence electrons. The van der Waals surface area contributed by atoms with Crippen molar-refractivity contribution < 1.29 is 19.4 Å². The van der Waals surface area contributed by atoms with E-state index >= 15 is 0 Å². The van der Waals surface area contributed by atoms with Crippen LogP contribution < -0.4 is 5.32 Å². The fourth-order valence-corrected chi connectivity index (χ4v) is 1.53. The van der Waals surface area contributed by atoms with Crippen molar-refractivity contribution in [2.45, 2.75) is 6.10 Å². The summed E-state index contributed by atoms with van der Waals surface area (Å²) >= 11 is 3.20. The second kappa shape index (κ2) is 7.25. The van der Waals surface area contributed by atoms with E-state index in [9.17, 15) is 9.18 Å². The summed E-state index contributed by atoms with van der Waals surface area (Å²) < 4.78 is 14.0. The van der Waals surface area contributed by atoms with E-state index in [4.69, 9.17) is 10.2 Å². The molecular weight excluding hydrogens is 305 g/mol. The maximum atomic E-state index is 13.3. The van der Waals surface area contributed by atoms with Crippen LogP contribution in [0.4, 0.5) is 4.39 Å². The van der Waals surface area contributed by atoms with Gasteiger partial charge < -0.3 is 15.5 Å². The number of carbonyl (C=O) groups is 1. The number of hydrogen-bond acceptors (Lipinski definition) is 3. The van der Waals surface area contributed by atoms with Gasteiger partial charge in [0, 0.05) is 22.7 Å². The second-order valence-electron chi connectivity index (χ2n) is 3.58. The molecule has 1 atom stereocenters. The molecule has 1 rings (SSSR count). The van der Waals surface area contributed by atoms with Crippen molar-refractivity contribution in [2.24, 2.45) is 0 Å². The Bertz CT molecular complexity index is 451. The van der Waals surface area contributed by atoms with Gasteiger partial charge in [0.1, 0.15) is 5.82 Å². The first-order chi connectivity index (χ1) is 8.52. The summed E-state index contributed by atoms with van der Waals surface area (Å²) in [7, 11) is 0. The Morgan fingerprint density at radius 1 is 1.56 bits per heavy atom. The molecule has 3 N–H and O–H groups in total. The Balaban J connectivity index is 2.58. The molecule has 6 heteroatoms. The second-order valence-corrected chi connectivity index (χ2v) is 4.50. The van der Waals surface area contributed by atoms with Gasteiger partial charge in [-0.25, -0.2) is 4.39 Å².